The number of benzene rings is 5. The maximum atomic E-state index is 13.8. The molecule has 0 heterocycles. The van der Waals surface area contributed by atoms with E-state index in [2.05, 4.69) is 10.0 Å². The molecule has 0 unspecified atom stereocenters. The fourth-order valence-electron chi connectivity index (χ4n) is 4.70. The van der Waals surface area contributed by atoms with E-state index in [1.54, 1.807) is 30.3 Å². The molecule has 0 saturated carbocycles. The number of nitrogens with zero attached hydrogens (tertiary/aromatic N) is 1. The number of rotatable bonds is 11. The summed E-state index contributed by atoms with van der Waals surface area (Å²) in [6.07, 6.45) is 0. The van der Waals surface area contributed by atoms with Crippen molar-refractivity contribution in [3.05, 3.63) is 115 Å². The van der Waals surface area contributed by atoms with Crippen molar-refractivity contribution < 1.29 is 31.1 Å². The number of nitrogens with one attached hydrogen (secondary N) is 2. The number of ether oxygens (including phenoxy) is 2. The van der Waals surface area contributed by atoms with Crippen LogP contribution in [-0.2, 0) is 24.8 Å². The molecule has 0 aliphatic carbocycles. The molecule has 10 nitrogen and oxygen atoms in total. The number of hydrogen-bond acceptors (Lipinski definition) is 7. The number of anilines is 3. The molecule has 0 fully saturated rings. The van der Waals surface area contributed by atoms with Gasteiger partial charge in [-0.05, 0) is 66.9 Å². The number of sulfonamides is 2. The SMILES string of the molecule is COc1ccc(N(CC(=O)Nc2ccc(S(=O)(=O)Nc3cccc4ccccc34)cc2)S(=O)(=O)c2ccc(C)cc2)cc1OC. The predicted molar refractivity (Wildman–Crippen MR) is 175 cm³/mol. The maximum Gasteiger partial charge on any atom is 0.264 e. The highest BCUT2D eigenvalue weighted by molar-refractivity contribution is 7.93. The Labute approximate surface area is 262 Å². The van der Waals surface area contributed by atoms with Crippen LogP contribution < -0.4 is 23.8 Å². The van der Waals surface area contributed by atoms with E-state index in [0.717, 1.165) is 20.6 Å². The van der Waals surface area contributed by atoms with Gasteiger partial charge in [0, 0.05) is 17.1 Å². The molecule has 0 aliphatic heterocycles. The van der Waals surface area contributed by atoms with E-state index in [-0.39, 0.29) is 26.9 Å². The molecule has 12 heteroatoms. The molecule has 232 valence electrons. The molecule has 0 aliphatic rings. The highest BCUT2D eigenvalue weighted by Crippen LogP contribution is 2.34. The van der Waals surface area contributed by atoms with Gasteiger partial charge in [0.2, 0.25) is 5.91 Å². The average Bonchev–Trinajstić information content (AvgIpc) is 3.03. The lowest BCUT2D eigenvalue weighted by Crippen LogP contribution is -2.38. The molecule has 45 heavy (non-hydrogen) atoms. The molecule has 5 aromatic carbocycles. The molecule has 0 spiro atoms. The Morgan fingerprint density at radius 2 is 1.38 bits per heavy atom. The van der Waals surface area contributed by atoms with Gasteiger partial charge in [0.15, 0.2) is 11.5 Å². The maximum absolute atomic E-state index is 13.8. The lowest BCUT2D eigenvalue weighted by molar-refractivity contribution is -0.114. The molecule has 0 bridgehead atoms. The van der Waals surface area contributed by atoms with Crippen molar-refractivity contribution in [2.75, 3.05) is 35.1 Å². The fraction of sp³-hybridized carbons (Fsp3) is 0.121. The smallest absolute Gasteiger partial charge is 0.264 e. The Morgan fingerprint density at radius 1 is 0.733 bits per heavy atom. The van der Waals surface area contributed by atoms with Crippen LogP contribution in [0.3, 0.4) is 0 Å². The zero-order chi connectivity index (χ0) is 32.2. The van der Waals surface area contributed by atoms with Crippen LogP contribution in [0.5, 0.6) is 11.5 Å². The number of hydrogen-bond donors (Lipinski definition) is 2. The van der Waals surface area contributed by atoms with E-state index in [1.165, 1.54) is 62.8 Å². The summed E-state index contributed by atoms with van der Waals surface area (Å²) in [5.41, 5.74) is 1.78. The average molecular weight is 646 g/mol. The van der Waals surface area contributed by atoms with Crippen molar-refractivity contribution in [2.45, 2.75) is 16.7 Å². The molecule has 0 atom stereocenters. The second kappa shape index (κ2) is 12.9. The summed E-state index contributed by atoms with van der Waals surface area (Å²) in [5, 5.41) is 4.31. The van der Waals surface area contributed by atoms with E-state index in [9.17, 15) is 21.6 Å². The Bertz CT molecular complexity index is 2060. The molecule has 5 aromatic rings. The number of aryl methyl sites for hydroxylation is 1. The summed E-state index contributed by atoms with van der Waals surface area (Å²) in [6.45, 7) is 1.26. The summed E-state index contributed by atoms with van der Waals surface area (Å²) >= 11 is 0. The summed E-state index contributed by atoms with van der Waals surface area (Å²) < 4.78 is 68.1. The van der Waals surface area contributed by atoms with Crippen molar-refractivity contribution in [3.8, 4) is 11.5 Å². The van der Waals surface area contributed by atoms with E-state index in [1.807, 2.05) is 37.3 Å². The monoisotopic (exact) mass is 645 g/mol. The largest absolute Gasteiger partial charge is 0.493 e. The van der Waals surface area contributed by atoms with Gasteiger partial charge in [-0.15, -0.1) is 0 Å². The van der Waals surface area contributed by atoms with Gasteiger partial charge in [-0.25, -0.2) is 16.8 Å². The Morgan fingerprint density at radius 3 is 2.07 bits per heavy atom. The Kier molecular flexibility index (Phi) is 8.98. The van der Waals surface area contributed by atoms with Crippen LogP contribution in [0, 0.1) is 6.92 Å². The van der Waals surface area contributed by atoms with Crippen LogP contribution in [0.1, 0.15) is 5.56 Å². The first kappa shape index (κ1) is 31.4. The number of fused-ring (bicyclic) bond motifs is 1. The van der Waals surface area contributed by atoms with Gasteiger partial charge in [-0.3, -0.25) is 13.8 Å². The second-order valence-electron chi connectivity index (χ2n) is 10.1. The minimum atomic E-state index is -4.19. The van der Waals surface area contributed by atoms with Gasteiger partial charge in [0.1, 0.15) is 6.54 Å². The van der Waals surface area contributed by atoms with E-state index in [0.29, 0.717) is 11.4 Å². The van der Waals surface area contributed by atoms with E-state index < -0.39 is 32.5 Å². The third kappa shape index (κ3) is 6.87. The van der Waals surface area contributed by atoms with Crippen LogP contribution in [0.25, 0.3) is 10.8 Å². The van der Waals surface area contributed by atoms with Crippen molar-refractivity contribution in [3.63, 3.8) is 0 Å². The van der Waals surface area contributed by atoms with Crippen LogP contribution in [0.2, 0.25) is 0 Å². The summed E-state index contributed by atoms with van der Waals surface area (Å²) in [5.74, 6) is 0.0294. The third-order valence-corrected chi connectivity index (χ3v) is 10.2. The van der Waals surface area contributed by atoms with Gasteiger partial charge in [0.05, 0.1) is 35.4 Å². The molecule has 0 saturated heterocycles. The van der Waals surface area contributed by atoms with E-state index in [4.69, 9.17) is 9.47 Å². The van der Waals surface area contributed by atoms with Gasteiger partial charge < -0.3 is 14.8 Å². The first-order chi connectivity index (χ1) is 21.5. The number of carbonyl (C=O) groups excluding carboxylic acids is 1. The topological polar surface area (TPSA) is 131 Å². The fourth-order valence-corrected chi connectivity index (χ4v) is 7.19. The number of amides is 1. The minimum absolute atomic E-state index is 0.00365. The van der Waals surface area contributed by atoms with Crippen molar-refractivity contribution in [1.29, 1.82) is 0 Å². The predicted octanol–water partition coefficient (Wildman–Crippen LogP) is 5.80. The van der Waals surface area contributed by atoms with Crippen LogP contribution in [0.4, 0.5) is 17.1 Å². The molecular formula is C33H31N3O7S2. The molecule has 2 N–H and O–H groups in total. The van der Waals surface area contributed by atoms with E-state index >= 15 is 0 Å². The third-order valence-electron chi connectivity index (χ3n) is 7.03. The molecule has 5 rings (SSSR count). The summed E-state index contributed by atoms with van der Waals surface area (Å²) in [6, 6.07) is 29.2. The van der Waals surface area contributed by atoms with Gasteiger partial charge in [-0.1, -0.05) is 54.1 Å². The van der Waals surface area contributed by atoms with Crippen LogP contribution in [0.15, 0.2) is 119 Å². The Balaban J connectivity index is 1.37. The molecule has 0 radical (unpaired) electrons. The van der Waals surface area contributed by atoms with Crippen molar-refractivity contribution in [1.82, 2.24) is 0 Å². The first-order valence-corrected chi connectivity index (χ1v) is 16.7. The highest BCUT2D eigenvalue weighted by atomic mass is 32.2. The molecule has 0 aromatic heterocycles. The lowest BCUT2D eigenvalue weighted by atomic mass is 10.1. The normalized spacial score (nSPS) is 11.5. The molecule has 1 amide bonds. The summed E-state index contributed by atoms with van der Waals surface area (Å²) in [4.78, 5) is 13.2. The second-order valence-corrected chi connectivity index (χ2v) is 13.6. The Hall–Kier alpha value is -5.07. The van der Waals surface area contributed by atoms with Crippen LogP contribution >= 0.6 is 0 Å². The minimum Gasteiger partial charge on any atom is -0.493 e. The standard InChI is InChI=1S/C33H31N3O7S2/c1-23-11-16-28(17-12-23)45(40,41)36(26-15-20-31(42-2)32(21-26)43-3)22-33(37)34-25-13-18-27(19-14-25)44(38,39)35-30-10-6-8-24-7-4-5-9-29(24)30/h4-21,35H,22H2,1-3H3,(H,34,37). The van der Waals surface area contributed by atoms with Gasteiger partial charge in [0.25, 0.3) is 20.0 Å². The highest BCUT2D eigenvalue weighted by Gasteiger charge is 2.28. The lowest BCUT2D eigenvalue weighted by Gasteiger charge is -2.25. The molecular weight excluding hydrogens is 615 g/mol. The quantitative estimate of drug-likeness (QED) is 0.186. The summed E-state index contributed by atoms with van der Waals surface area (Å²) in [7, 11) is -5.24. The zero-order valence-electron chi connectivity index (χ0n) is 24.7. The first-order valence-electron chi connectivity index (χ1n) is 13.7. The number of methoxy groups -OCH3 is 2. The van der Waals surface area contributed by atoms with Gasteiger partial charge >= 0.3 is 0 Å². The van der Waals surface area contributed by atoms with Gasteiger partial charge in [-0.2, -0.15) is 0 Å². The zero-order valence-corrected chi connectivity index (χ0v) is 26.4. The van der Waals surface area contributed by atoms with Crippen molar-refractivity contribution in [2.24, 2.45) is 0 Å². The van der Waals surface area contributed by atoms with Crippen molar-refractivity contribution >= 4 is 53.8 Å². The van der Waals surface area contributed by atoms with Crippen LogP contribution in [-0.4, -0.2) is 43.5 Å². The number of carbonyl (C=O) groups is 1.